The Balaban J connectivity index is -0.000000377. The van der Waals surface area contributed by atoms with Crippen molar-refractivity contribution in [1.82, 2.24) is 4.98 Å². The number of hydrogen-bond donors (Lipinski definition) is 1. The van der Waals surface area contributed by atoms with Crippen molar-refractivity contribution < 1.29 is 9.90 Å². The number of carbonyl (C=O) groups excluding carboxylic acids is 1. The lowest BCUT2D eigenvalue weighted by Gasteiger charge is -2.21. The smallest absolute Gasteiger partial charge is 0.129 e. The molecule has 1 rings (SSSR count). The van der Waals surface area contributed by atoms with Gasteiger partial charge >= 0.3 is 0 Å². The van der Waals surface area contributed by atoms with E-state index in [1.165, 1.54) is 0 Å². The van der Waals surface area contributed by atoms with E-state index in [2.05, 4.69) is 32.7 Å². The summed E-state index contributed by atoms with van der Waals surface area (Å²) in [5.41, 5.74) is 0. The summed E-state index contributed by atoms with van der Waals surface area (Å²) >= 11 is 0. The van der Waals surface area contributed by atoms with E-state index in [0.717, 1.165) is 24.3 Å². The van der Waals surface area contributed by atoms with Gasteiger partial charge < -0.3 is 9.90 Å². The Hall–Kier alpha value is -0.520. The average molecular weight is 404 g/mol. The van der Waals surface area contributed by atoms with Gasteiger partial charge in [0.15, 0.2) is 0 Å². The first-order chi connectivity index (χ1) is 12.3. The molecule has 0 spiro atoms. The Morgan fingerprint density at radius 1 is 1.19 bits per heavy atom. The Kier molecular flexibility index (Phi) is 24.2. The summed E-state index contributed by atoms with van der Waals surface area (Å²) in [4.78, 5) is 14.6. The second-order valence-electron chi connectivity index (χ2n) is 6.20. The van der Waals surface area contributed by atoms with Gasteiger partial charge in [-0.1, -0.05) is 58.4 Å². The molecule has 0 bridgehead atoms. The van der Waals surface area contributed by atoms with Crippen LogP contribution in [0.4, 0.5) is 0 Å². The van der Waals surface area contributed by atoms with E-state index < -0.39 is 0 Å². The van der Waals surface area contributed by atoms with Crippen molar-refractivity contribution in [3.8, 4) is 0 Å². The van der Waals surface area contributed by atoms with Gasteiger partial charge in [-0.2, -0.15) is 0 Å². The molecule has 1 aromatic heterocycles. The molecule has 1 aromatic rings. The molecule has 1 N–H and O–H groups in total. The molecule has 0 aromatic carbocycles. The van der Waals surface area contributed by atoms with E-state index in [1.807, 2.05) is 45.9 Å². The third-order valence-electron chi connectivity index (χ3n) is 2.78. The first-order valence-electron chi connectivity index (χ1n) is 9.64. The first-order valence-corrected chi connectivity index (χ1v) is 11.8. The number of carbonyl (C=O) groups is 1. The second kappa shape index (κ2) is 20.8. The summed E-state index contributed by atoms with van der Waals surface area (Å²) < 4.78 is 0.0942. The van der Waals surface area contributed by atoms with Gasteiger partial charge in [-0.25, -0.2) is 4.98 Å². The van der Waals surface area contributed by atoms with Crippen molar-refractivity contribution in [1.29, 1.82) is 0 Å². The summed E-state index contributed by atoms with van der Waals surface area (Å²) in [6.07, 6.45) is 4.38. The van der Waals surface area contributed by atoms with Crippen LogP contribution in [0, 0.1) is 5.92 Å². The van der Waals surface area contributed by atoms with Gasteiger partial charge in [0.05, 0.1) is 0 Å². The highest BCUT2D eigenvalue weighted by Gasteiger charge is 2.18. The van der Waals surface area contributed by atoms with Gasteiger partial charge in [-0.15, -0.1) is 0 Å². The fourth-order valence-corrected chi connectivity index (χ4v) is 3.56. The van der Waals surface area contributed by atoms with E-state index in [0.29, 0.717) is 11.7 Å². The Bertz CT molecular complexity index is 410. The number of ketones is 1. The molecule has 0 aliphatic carbocycles. The van der Waals surface area contributed by atoms with Gasteiger partial charge in [0.1, 0.15) is 10.8 Å². The molecule has 0 unspecified atom stereocenters. The van der Waals surface area contributed by atoms with Crippen LogP contribution in [0.3, 0.4) is 0 Å². The van der Waals surface area contributed by atoms with Crippen LogP contribution in [0.15, 0.2) is 29.4 Å². The van der Waals surface area contributed by atoms with E-state index in [4.69, 9.17) is 5.11 Å². The lowest BCUT2D eigenvalue weighted by molar-refractivity contribution is -0.117. The zero-order chi connectivity index (χ0) is 21.0. The van der Waals surface area contributed by atoms with Gasteiger partial charge in [0.25, 0.3) is 0 Å². The Morgan fingerprint density at radius 3 is 2.12 bits per heavy atom. The Morgan fingerprint density at radius 2 is 1.77 bits per heavy atom. The number of pyridine rings is 1. The minimum Gasteiger partial charge on any atom is -0.396 e. The van der Waals surface area contributed by atoms with Crippen LogP contribution in [0.25, 0.3) is 0 Å². The molecule has 5 heteroatoms. The van der Waals surface area contributed by atoms with Crippen molar-refractivity contribution in [2.75, 3.05) is 6.61 Å². The molecule has 154 valence electrons. The average Bonchev–Trinajstić information content (AvgIpc) is 2.63. The van der Waals surface area contributed by atoms with Crippen molar-refractivity contribution >= 4 is 27.4 Å². The highest BCUT2D eigenvalue weighted by molar-refractivity contribution is 8.77. The molecule has 3 nitrogen and oxygen atoms in total. The van der Waals surface area contributed by atoms with Crippen LogP contribution in [-0.4, -0.2) is 27.2 Å². The lowest BCUT2D eigenvalue weighted by Crippen LogP contribution is -2.14. The van der Waals surface area contributed by atoms with Crippen molar-refractivity contribution in [2.45, 2.75) is 91.3 Å². The fourth-order valence-electron chi connectivity index (χ4n) is 1.35. The summed E-state index contributed by atoms with van der Waals surface area (Å²) in [6.45, 7) is 18.4. The number of Topliss-reactive ketones (excluding diaryl/α,β-unsaturated/α-hetero) is 1. The molecular formula is C21H41NO2S2. The summed E-state index contributed by atoms with van der Waals surface area (Å²) in [7, 11) is 3.41. The number of aliphatic hydroxyl groups is 1. The maximum Gasteiger partial charge on any atom is 0.129 e. The number of rotatable bonds is 8. The normalized spacial score (nSPS) is 9.81. The molecule has 0 radical (unpaired) electrons. The summed E-state index contributed by atoms with van der Waals surface area (Å²) in [5, 5.41) is 9.88. The third-order valence-corrected chi connectivity index (χ3v) is 6.04. The summed E-state index contributed by atoms with van der Waals surface area (Å²) in [5.74, 6) is 0.970. The van der Waals surface area contributed by atoms with Crippen LogP contribution in [-0.2, 0) is 4.79 Å². The van der Waals surface area contributed by atoms with E-state index in [1.54, 1.807) is 34.7 Å². The zero-order valence-electron chi connectivity index (χ0n) is 18.3. The topological polar surface area (TPSA) is 50.2 Å². The van der Waals surface area contributed by atoms with Crippen LogP contribution in [0.1, 0.15) is 81.6 Å². The van der Waals surface area contributed by atoms with Crippen LogP contribution in [0.5, 0.6) is 0 Å². The number of hydrogen-bond acceptors (Lipinski definition) is 5. The van der Waals surface area contributed by atoms with E-state index >= 15 is 0 Å². The largest absolute Gasteiger partial charge is 0.396 e. The van der Waals surface area contributed by atoms with Gasteiger partial charge in [0, 0.05) is 24.0 Å². The Labute approximate surface area is 170 Å². The van der Waals surface area contributed by atoms with Crippen molar-refractivity contribution in [2.24, 2.45) is 5.92 Å². The SMILES string of the molecule is CC.CC.CC(=O)CCC(C)C.CC(C)(CCO)SSc1ccccn1. The molecule has 0 saturated heterocycles. The molecular weight excluding hydrogens is 362 g/mol. The minimum atomic E-state index is 0.0942. The van der Waals surface area contributed by atoms with Crippen LogP contribution < -0.4 is 0 Å². The molecule has 0 aliphatic rings. The molecule has 0 amide bonds. The third kappa shape index (κ3) is 23.5. The van der Waals surface area contributed by atoms with Crippen LogP contribution in [0.2, 0.25) is 0 Å². The van der Waals surface area contributed by atoms with Crippen LogP contribution >= 0.6 is 21.6 Å². The number of nitrogens with zero attached hydrogens (tertiary/aromatic N) is 1. The van der Waals surface area contributed by atoms with Gasteiger partial charge in [-0.05, 0) is 62.5 Å². The number of aromatic nitrogens is 1. The quantitative estimate of drug-likeness (QED) is 0.471. The van der Waals surface area contributed by atoms with Crippen molar-refractivity contribution in [3.05, 3.63) is 24.4 Å². The zero-order valence-corrected chi connectivity index (χ0v) is 20.0. The molecule has 0 fully saturated rings. The predicted molar refractivity (Wildman–Crippen MR) is 121 cm³/mol. The standard InChI is InChI=1S/C10H15NOS2.C7H14O.2C2H6/c1-10(2,6-8-12)14-13-9-5-3-4-7-11-9;1-6(2)4-5-7(3)8;2*1-2/h3-5,7,12H,6,8H2,1-2H3;6H,4-5H2,1-3H3;2*1-2H3. The van der Waals surface area contributed by atoms with E-state index in [9.17, 15) is 4.79 Å². The highest BCUT2D eigenvalue weighted by Crippen LogP contribution is 2.41. The molecule has 26 heavy (non-hydrogen) atoms. The second-order valence-corrected chi connectivity index (χ2v) is 9.06. The van der Waals surface area contributed by atoms with Gasteiger partial charge in [0.2, 0.25) is 0 Å². The predicted octanol–water partition coefficient (Wildman–Crippen LogP) is 7.05. The monoisotopic (exact) mass is 403 g/mol. The maximum absolute atomic E-state index is 10.3. The highest BCUT2D eigenvalue weighted by atomic mass is 33.1. The van der Waals surface area contributed by atoms with Gasteiger partial charge in [-0.3, -0.25) is 0 Å². The minimum absolute atomic E-state index is 0.0942. The van der Waals surface area contributed by atoms with Crippen molar-refractivity contribution in [3.63, 3.8) is 0 Å². The fraction of sp³-hybridized carbons (Fsp3) is 0.714. The molecule has 0 saturated carbocycles. The lowest BCUT2D eigenvalue weighted by atomic mass is 10.1. The first kappa shape index (κ1) is 30.2. The molecule has 0 aliphatic heterocycles. The molecule has 1 heterocycles. The number of aliphatic hydroxyl groups excluding tert-OH is 1. The van der Waals surface area contributed by atoms with E-state index in [-0.39, 0.29) is 11.4 Å². The summed E-state index contributed by atoms with van der Waals surface area (Å²) in [6, 6.07) is 5.88. The maximum atomic E-state index is 10.3. The molecule has 0 atom stereocenters.